The topological polar surface area (TPSA) is 98.8 Å². The summed E-state index contributed by atoms with van der Waals surface area (Å²) in [6, 6.07) is 15.6. The highest BCUT2D eigenvalue weighted by molar-refractivity contribution is 5.95. The second-order valence-corrected chi connectivity index (χ2v) is 7.18. The molecule has 0 bridgehead atoms. The predicted molar refractivity (Wildman–Crippen MR) is 106 cm³/mol. The molecule has 2 aromatic carbocycles. The van der Waals surface area contributed by atoms with E-state index in [1.165, 1.54) is 17.8 Å². The lowest BCUT2D eigenvalue weighted by atomic mass is 10.0. The molecular weight excluding hydrogens is 342 g/mol. The highest BCUT2D eigenvalue weighted by Crippen LogP contribution is 2.28. The molecular formula is C21H27N3O3. The average molecular weight is 369 g/mol. The van der Waals surface area contributed by atoms with Crippen molar-refractivity contribution in [3.8, 4) is 5.75 Å². The lowest BCUT2D eigenvalue weighted by Gasteiger charge is -2.27. The van der Waals surface area contributed by atoms with Crippen LogP contribution in [0.4, 0.5) is 5.69 Å². The van der Waals surface area contributed by atoms with E-state index in [0.717, 1.165) is 19.3 Å². The van der Waals surface area contributed by atoms with Crippen molar-refractivity contribution < 1.29 is 15.0 Å². The van der Waals surface area contributed by atoms with Crippen LogP contribution in [0.25, 0.3) is 0 Å². The minimum Gasteiger partial charge on any atom is -0.507 e. The molecule has 0 radical (unpaired) electrons. The molecule has 5 N–H and O–H groups in total. The van der Waals surface area contributed by atoms with Crippen LogP contribution in [0.15, 0.2) is 48.5 Å². The summed E-state index contributed by atoms with van der Waals surface area (Å²) in [6.07, 6.45) is 2.40. The van der Waals surface area contributed by atoms with Crippen LogP contribution in [0.1, 0.15) is 41.3 Å². The van der Waals surface area contributed by atoms with E-state index in [1.54, 1.807) is 6.07 Å². The van der Waals surface area contributed by atoms with Crippen molar-refractivity contribution in [2.75, 3.05) is 18.5 Å². The Morgan fingerprint density at radius 3 is 2.70 bits per heavy atom. The van der Waals surface area contributed by atoms with Crippen molar-refractivity contribution in [3.63, 3.8) is 0 Å². The molecule has 3 atom stereocenters. The van der Waals surface area contributed by atoms with Crippen molar-refractivity contribution >= 4 is 11.6 Å². The number of benzene rings is 2. The molecule has 0 aromatic heterocycles. The van der Waals surface area contributed by atoms with Crippen molar-refractivity contribution in [2.45, 2.75) is 37.5 Å². The lowest BCUT2D eigenvalue weighted by molar-refractivity contribution is 0.0997. The summed E-state index contributed by atoms with van der Waals surface area (Å²) in [6.45, 7) is 0.384. The van der Waals surface area contributed by atoms with Crippen LogP contribution in [0, 0.1) is 0 Å². The summed E-state index contributed by atoms with van der Waals surface area (Å²) in [7, 11) is 2.12. The number of primary amides is 1. The smallest absolute Gasteiger partial charge is 0.252 e. The number of rotatable bonds is 7. The third-order valence-electron chi connectivity index (χ3n) is 5.39. The molecule has 1 aliphatic carbocycles. The monoisotopic (exact) mass is 369 g/mol. The summed E-state index contributed by atoms with van der Waals surface area (Å²) in [5.74, 6) is -0.883. The third kappa shape index (κ3) is 4.59. The minimum atomic E-state index is -0.769. The minimum absolute atomic E-state index is 0.0250. The van der Waals surface area contributed by atoms with E-state index in [1.807, 2.05) is 18.2 Å². The first-order chi connectivity index (χ1) is 13.0. The van der Waals surface area contributed by atoms with Gasteiger partial charge in [-0.15, -0.1) is 0 Å². The first kappa shape index (κ1) is 19.2. The standard InChI is InChI=1S/C21H27N3O3/c1-24(16-5-3-2-4-6-16)17-9-8-15(12-17)23-13-20(26)14-7-10-19(25)18(11-14)21(22)27/h2-7,10-11,15,17,20,23,25-26H,8-9,12-13H2,1H3,(H2,22,27). The van der Waals surface area contributed by atoms with E-state index < -0.39 is 12.0 Å². The number of hydrogen-bond acceptors (Lipinski definition) is 5. The van der Waals surface area contributed by atoms with Gasteiger partial charge in [0.2, 0.25) is 0 Å². The summed E-state index contributed by atoms with van der Waals surface area (Å²) in [5.41, 5.74) is 7.05. The molecule has 6 nitrogen and oxygen atoms in total. The Bertz CT molecular complexity index is 781. The Hall–Kier alpha value is -2.57. The second-order valence-electron chi connectivity index (χ2n) is 7.18. The molecule has 3 unspecified atom stereocenters. The summed E-state index contributed by atoms with van der Waals surface area (Å²) >= 11 is 0. The SMILES string of the molecule is CN(c1ccccc1)C1CCC(NCC(O)c2ccc(O)c(C(N)=O)c2)C1. The number of nitrogens with one attached hydrogen (secondary N) is 1. The number of anilines is 1. The highest BCUT2D eigenvalue weighted by Gasteiger charge is 2.28. The number of aliphatic hydroxyl groups is 1. The number of carbonyl (C=O) groups is 1. The van der Waals surface area contributed by atoms with Gasteiger partial charge in [-0.2, -0.15) is 0 Å². The fourth-order valence-electron chi connectivity index (χ4n) is 3.72. The number of amides is 1. The quantitative estimate of drug-likeness (QED) is 0.600. The van der Waals surface area contributed by atoms with E-state index in [9.17, 15) is 15.0 Å². The van der Waals surface area contributed by atoms with Crippen molar-refractivity contribution in [3.05, 3.63) is 59.7 Å². The van der Waals surface area contributed by atoms with E-state index >= 15 is 0 Å². The number of phenols is 1. The maximum atomic E-state index is 11.3. The highest BCUT2D eigenvalue weighted by atomic mass is 16.3. The molecule has 1 aliphatic rings. The van der Waals surface area contributed by atoms with Crippen molar-refractivity contribution in [1.29, 1.82) is 0 Å². The van der Waals surface area contributed by atoms with Crippen LogP contribution in [0.2, 0.25) is 0 Å². The largest absolute Gasteiger partial charge is 0.507 e. The van der Waals surface area contributed by atoms with Crippen LogP contribution in [0.5, 0.6) is 5.75 Å². The molecule has 2 aromatic rings. The van der Waals surface area contributed by atoms with Crippen molar-refractivity contribution in [1.82, 2.24) is 5.32 Å². The summed E-state index contributed by atoms with van der Waals surface area (Å²) in [5, 5.41) is 23.5. The zero-order valence-corrected chi connectivity index (χ0v) is 15.5. The van der Waals surface area contributed by atoms with Crippen LogP contribution >= 0.6 is 0 Å². The fourth-order valence-corrected chi connectivity index (χ4v) is 3.72. The van der Waals surface area contributed by atoms with Gasteiger partial charge in [0.25, 0.3) is 5.91 Å². The Morgan fingerprint density at radius 2 is 2.00 bits per heavy atom. The van der Waals surface area contributed by atoms with Gasteiger partial charge in [0.1, 0.15) is 5.75 Å². The van der Waals surface area contributed by atoms with Crippen LogP contribution in [0.3, 0.4) is 0 Å². The number of nitrogens with zero attached hydrogens (tertiary/aromatic N) is 1. The summed E-state index contributed by atoms with van der Waals surface area (Å²) < 4.78 is 0. The molecule has 1 saturated carbocycles. The van der Waals surface area contributed by atoms with Gasteiger partial charge >= 0.3 is 0 Å². The Kier molecular flexibility index (Phi) is 5.98. The Balaban J connectivity index is 1.54. The van der Waals surface area contributed by atoms with Crippen LogP contribution in [-0.4, -0.2) is 41.8 Å². The molecule has 0 saturated heterocycles. The van der Waals surface area contributed by atoms with Crippen LogP contribution < -0.4 is 16.0 Å². The molecule has 1 amide bonds. The predicted octanol–water partition coefficient (Wildman–Crippen LogP) is 2.17. The number of aromatic hydroxyl groups is 1. The fraction of sp³-hybridized carbons (Fsp3) is 0.381. The van der Waals surface area contributed by atoms with Gasteiger partial charge in [-0.3, -0.25) is 4.79 Å². The second kappa shape index (κ2) is 8.41. The Morgan fingerprint density at radius 1 is 1.26 bits per heavy atom. The van der Waals surface area contributed by atoms with Crippen LogP contribution in [-0.2, 0) is 0 Å². The molecule has 0 aliphatic heterocycles. The molecule has 27 heavy (non-hydrogen) atoms. The van der Waals surface area contributed by atoms with Crippen molar-refractivity contribution in [2.24, 2.45) is 5.73 Å². The van der Waals surface area contributed by atoms with Gasteiger partial charge in [-0.05, 0) is 49.1 Å². The van der Waals surface area contributed by atoms with Gasteiger partial charge in [-0.1, -0.05) is 24.3 Å². The average Bonchev–Trinajstić information content (AvgIpc) is 3.15. The van der Waals surface area contributed by atoms with Gasteiger partial charge in [0, 0.05) is 31.4 Å². The van der Waals surface area contributed by atoms with E-state index in [2.05, 4.69) is 29.4 Å². The first-order valence-electron chi connectivity index (χ1n) is 9.27. The van der Waals surface area contributed by atoms with Gasteiger partial charge in [0.15, 0.2) is 0 Å². The maximum Gasteiger partial charge on any atom is 0.252 e. The normalized spacial score (nSPS) is 20.4. The van der Waals surface area contributed by atoms with E-state index in [-0.39, 0.29) is 11.3 Å². The van der Waals surface area contributed by atoms with Gasteiger partial charge in [-0.25, -0.2) is 0 Å². The molecule has 0 spiro atoms. The third-order valence-corrected chi connectivity index (χ3v) is 5.39. The van der Waals surface area contributed by atoms with E-state index in [0.29, 0.717) is 24.2 Å². The maximum absolute atomic E-state index is 11.3. The van der Waals surface area contributed by atoms with E-state index in [4.69, 9.17) is 5.73 Å². The molecule has 1 fully saturated rings. The number of aliphatic hydroxyl groups excluding tert-OH is 1. The van der Waals surface area contributed by atoms with Gasteiger partial charge < -0.3 is 26.2 Å². The van der Waals surface area contributed by atoms with Gasteiger partial charge in [0.05, 0.1) is 11.7 Å². The molecule has 144 valence electrons. The zero-order chi connectivity index (χ0) is 19.4. The molecule has 3 rings (SSSR count). The number of carbonyl (C=O) groups excluding carboxylic acids is 1. The zero-order valence-electron chi connectivity index (χ0n) is 15.5. The Labute approximate surface area is 159 Å². The molecule has 6 heteroatoms. The molecule has 0 heterocycles. The number of para-hydroxylation sites is 1. The number of hydrogen-bond donors (Lipinski definition) is 4. The lowest BCUT2D eigenvalue weighted by Crippen LogP contribution is -2.34. The number of nitrogens with two attached hydrogens (primary N) is 1. The first-order valence-corrected chi connectivity index (χ1v) is 9.27. The summed E-state index contributed by atoms with van der Waals surface area (Å²) in [4.78, 5) is 13.7.